The van der Waals surface area contributed by atoms with Crippen LogP contribution < -0.4 is 20.4 Å². The van der Waals surface area contributed by atoms with Crippen LogP contribution in [0.25, 0.3) is 0 Å². The molecule has 0 unspecified atom stereocenters. The monoisotopic (exact) mass is 503 g/mol. The second-order valence-corrected chi connectivity index (χ2v) is 9.64. The summed E-state index contributed by atoms with van der Waals surface area (Å²) in [5.74, 6) is 0.631. The highest BCUT2D eigenvalue weighted by Crippen LogP contribution is 2.30. The summed E-state index contributed by atoms with van der Waals surface area (Å²) in [6, 6.07) is 9.82. The van der Waals surface area contributed by atoms with Gasteiger partial charge in [0.05, 0.1) is 5.56 Å². The molecule has 37 heavy (non-hydrogen) atoms. The first-order chi connectivity index (χ1) is 18.0. The highest BCUT2D eigenvalue weighted by molar-refractivity contribution is 6.07. The Bertz CT molecular complexity index is 1230. The molecule has 4 N–H and O–H groups in total. The summed E-state index contributed by atoms with van der Waals surface area (Å²) in [6.45, 7) is 5.68. The van der Waals surface area contributed by atoms with E-state index < -0.39 is 11.7 Å². The topological polar surface area (TPSA) is 127 Å². The molecule has 2 saturated heterocycles. The summed E-state index contributed by atoms with van der Waals surface area (Å²) in [5.41, 5.74) is 2.20. The number of amides is 1. The van der Waals surface area contributed by atoms with E-state index >= 15 is 0 Å². The Morgan fingerprint density at radius 3 is 2.05 bits per heavy atom. The van der Waals surface area contributed by atoms with Crippen LogP contribution in [0.3, 0.4) is 0 Å². The highest BCUT2D eigenvalue weighted by Gasteiger charge is 2.21. The Morgan fingerprint density at radius 2 is 1.46 bits per heavy atom. The van der Waals surface area contributed by atoms with Gasteiger partial charge in [-0.15, -0.1) is 0 Å². The van der Waals surface area contributed by atoms with Gasteiger partial charge in [-0.25, -0.2) is 0 Å². The molecule has 2 aromatic carbocycles. The SMILES string of the molecule is Cc1cc(Nc2nc(N3CCCCC3)nc(N3CCCCC3)n2)ccc1NC(=O)c1cccc(O)c1O. The van der Waals surface area contributed by atoms with Crippen LogP contribution >= 0.6 is 0 Å². The molecular formula is C27H33N7O3. The third-order valence-corrected chi connectivity index (χ3v) is 6.88. The highest BCUT2D eigenvalue weighted by atomic mass is 16.3. The number of aryl methyl sites for hydroxylation is 1. The first-order valence-corrected chi connectivity index (χ1v) is 12.9. The van der Waals surface area contributed by atoms with Crippen LogP contribution in [-0.2, 0) is 0 Å². The number of para-hydroxylation sites is 1. The first kappa shape index (κ1) is 24.6. The summed E-state index contributed by atoms with van der Waals surface area (Å²) >= 11 is 0. The molecule has 3 heterocycles. The minimum Gasteiger partial charge on any atom is -0.504 e. The van der Waals surface area contributed by atoms with Crippen molar-refractivity contribution in [2.45, 2.75) is 45.4 Å². The van der Waals surface area contributed by atoms with Gasteiger partial charge in [0.1, 0.15) is 0 Å². The van der Waals surface area contributed by atoms with E-state index in [0.29, 0.717) is 23.5 Å². The van der Waals surface area contributed by atoms with Crippen molar-refractivity contribution in [1.82, 2.24) is 15.0 Å². The molecule has 3 aromatic rings. The number of anilines is 5. The van der Waals surface area contributed by atoms with Gasteiger partial charge in [-0.3, -0.25) is 4.79 Å². The summed E-state index contributed by atoms with van der Waals surface area (Å²) < 4.78 is 0. The number of nitrogens with one attached hydrogen (secondary N) is 2. The largest absolute Gasteiger partial charge is 0.504 e. The van der Waals surface area contributed by atoms with E-state index in [1.54, 1.807) is 6.07 Å². The van der Waals surface area contributed by atoms with E-state index in [0.717, 1.165) is 63.1 Å². The van der Waals surface area contributed by atoms with Crippen molar-refractivity contribution in [1.29, 1.82) is 0 Å². The normalized spacial score (nSPS) is 15.9. The summed E-state index contributed by atoms with van der Waals surface area (Å²) in [4.78, 5) is 31.5. The molecule has 0 spiro atoms. The van der Waals surface area contributed by atoms with E-state index in [4.69, 9.17) is 15.0 Å². The van der Waals surface area contributed by atoms with Crippen molar-refractivity contribution in [2.24, 2.45) is 0 Å². The van der Waals surface area contributed by atoms with Crippen LogP contribution in [0.2, 0.25) is 0 Å². The van der Waals surface area contributed by atoms with E-state index in [-0.39, 0.29) is 11.3 Å². The molecule has 194 valence electrons. The number of phenolic OH excluding ortho intramolecular Hbond substituents is 2. The molecule has 0 radical (unpaired) electrons. The Kier molecular flexibility index (Phi) is 7.25. The van der Waals surface area contributed by atoms with Crippen molar-refractivity contribution in [3.8, 4) is 11.5 Å². The van der Waals surface area contributed by atoms with Crippen molar-refractivity contribution in [3.63, 3.8) is 0 Å². The van der Waals surface area contributed by atoms with Crippen LogP contribution in [0.1, 0.15) is 54.4 Å². The maximum absolute atomic E-state index is 12.7. The molecule has 2 fully saturated rings. The average Bonchev–Trinajstić information content (AvgIpc) is 2.92. The number of aromatic nitrogens is 3. The van der Waals surface area contributed by atoms with E-state index in [2.05, 4.69) is 20.4 Å². The molecular weight excluding hydrogens is 470 g/mol. The lowest BCUT2D eigenvalue weighted by Gasteiger charge is -2.30. The summed E-state index contributed by atoms with van der Waals surface area (Å²) in [6.07, 6.45) is 7.03. The number of phenols is 2. The predicted molar refractivity (Wildman–Crippen MR) is 144 cm³/mol. The fourth-order valence-corrected chi connectivity index (χ4v) is 4.80. The Morgan fingerprint density at radius 1 is 0.838 bits per heavy atom. The fraction of sp³-hybridized carbons (Fsp3) is 0.407. The number of hydrogen-bond donors (Lipinski definition) is 4. The average molecular weight is 504 g/mol. The first-order valence-electron chi connectivity index (χ1n) is 12.9. The minimum atomic E-state index is -0.507. The number of carbonyl (C=O) groups excluding carboxylic acids is 1. The molecule has 1 amide bonds. The van der Waals surface area contributed by atoms with Crippen molar-refractivity contribution >= 4 is 35.1 Å². The van der Waals surface area contributed by atoms with Gasteiger partial charge in [-0.2, -0.15) is 15.0 Å². The number of nitrogens with zero attached hydrogens (tertiary/aromatic N) is 5. The molecule has 1 aromatic heterocycles. The van der Waals surface area contributed by atoms with Crippen molar-refractivity contribution in [3.05, 3.63) is 47.5 Å². The van der Waals surface area contributed by atoms with Crippen LogP contribution in [0.5, 0.6) is 11.5 Å². The van der Waals surface area contributed by atoms with Crippen LogP contribution in [-0.4, -0.2) is 57.3 Å². The predicted octanol–water partition coefficient (Wildman–Crippen LogP) is 4.57. The van der Waals surface area contributed by atoms with Gasteiger partial charge in [-0.05, 0) is 81.3 Å². The maximum atomic E-state index is 12.7. The molecule has 0 aliphatic carbocycles. The third-order valence-electron chi connectivity index (χ3n) is 6.88. The number of piperidine rings is 2. The van der Waals surface area contributed by atoms with Crippen molar-refractivity contribution in [2.75, 3.05) is 46.6 Å². The molecule has 0 saturated carbocycles. The van der Waals surface area contributed by atoms with E-state index in [1.807, 2.05) is 19.1 Å². The smallest absolute Gasteiger partial charge is 0.259 e. The lowest BCUT2D eigenvalue weighted by atomic mass is 10.1. The van der Waals surface area contributed by atoms with Gasteiger partial charge < -0.3 is 30.6 Å². The molecule has 2 aliphatic rings. The Balaban J connectivity index is 1.36. The molecule has 0 bridgehead atoms. The van der Waals surface area contributed by atoms with Gasteiger partial charge in [0.15, 0.2) is 11.5 Å². The third kappa shape index (κ3) is 5.68. The zero-order valence-electron chi connectivity index (χ0n) is 21.1. The number of rotatable bonds is 6. The number of hydrogen-bond acceptors (Lipinski definition) is 9. The van der Waals surface area contributed by atoms with Crippen LogP contribution in [0, 0.1) is 6.92 Å². The molecule has 10 heteroatoms. The Hall–Kier alpha value is -4.08. The van der Waals surface area contributed by atoms with Crippen molar-refractivity contribution < 1.29 is 15.0 Å². The molecule has 10 nitrogen and oxygen atoms in total. The van der Waals surface area contributed by atoms with Crippen LogP contribution in [0.15, 0.2) is 36.4 Å². The zero-order valence-corrected chi connectivity index (χ0v) is 21.1. The number of carbonyl (C=O) groups is 1. The lowest BCUT2D eigenvalue weighted by Crippen LogP contribution is -2.34. The fourth-order valence-electron chi connectivity index (χ4n) is 4.80. The van der Waals surface area contributed by atoms with E-state index in [1.165, 1.54) is 31.0 Å². The van der Waals surface area contributed by atoms with Gasteiger partial charge in [-0.1, -0.05) is 6.07 Å². The minimum absolute atomic E-state index is 0.00210. The zero-order chi connectivity index (χ0) is 25.8. The lowest BCUT2D eigenvalue weighted by molar-refractivity contribution is 0.102. The van der Waals surface area contributed by atoms with Gasteiger partial charge in [0, 0.05) is 37.6 Å². The van der Waals surface area contributed by atoms with Gasteiger partial charge in [0.2, 0.25) is 17.8 Å². The Labute approximate surface area is 216 Å². The maximum Gasteiger partial charge on any atom is 0.259 e. The summed E-state index contributed by atoms with van der Waals surface area (Å²) in [7, 11) is 0. The second-order valence-electron chi connectivity index (χ2n) is 9.64. The standard InChI is InChI=1S/C27H33N7O3/c1-18-17-19(11-12-21(18)29-24(37)20-9-8-10-22(35)23(20)36)28-25-30-26(33-13-4-2-5-14-33)32-27(31-25)34-15-6-3-7-16-34/h8-12,17,35-36H,2-7,13-16H2,1H3,(H,29,37)(H,28,30,31,32). The van der Waals surface area contributed by atoms with Gasteiger partial charge >= 0.3 is 0 Å². The summed E-state index contributed by atoms with van der Waals surface area (Å²) in [5, 5.41) is 25.8. The number of benzene rings is 2. The molecule has 2 aliphatic heterocycles. The van der Waals surface area contributed by atoms with Crippen LogP contribution in [0.4, 0.5) is 29.2 Å². The van der Waals surface area contributed by atoms with E-state index in [9.17, 15) is 15.0 Å². The molecule has 0 atom stereocenters. The van der Waals surface area contributed by atoms with Gasteiger partial charge in [0.25, 0.3) is 5.91 Å². The molecule has 5 rings (SSSR count). The number of aromatic hydroxyl groups is 2. The quantitative estimate of drug-likeness (QED) is 0.358. The second kappa shape index (κ2) is 10.9.